The predicted molar refractivity (Wildman–Crippen MR) is 81.2 cm³/mol. The summed E-state index contributed by atoms with van der Waals surface area (Å²) in [4.78, 5) is 14.6. The van der Waals surface area contributed by atoms with Gasteiger partial charge in [0.1, 0.15) is 0 Å². The monoisotopic (exact) mass is 296 g/mol. The molecule has 1 aromatic carbocycles. The van der Waals surface area contributed by atoms with Crippen molar-refractivity contribution in [3.05, 3.63) is 34.9 Å². The average molecular weight is 297 g/mol. The molecule has 3 nitrogen and oxygen atoms in total. The van der Waals surface area contributed by atoms with Crippen LogP contribution in [0, 0.1) is 5.92 Å². The first-order chi connectivity index (χ1) is 9.06. The number of piperidine rings is 1. The van der Waals surface area contributed by atoms with Crippen molar-refractivity contribution in [2.45, 2.75) is 19.3 Å². The first kappa shape index (κ1) is 14.3. The van der Waals surface area contributed by atoms with E-state index in [9.17, 15) is 4.79 Å². The van der Waals surface area contributed by atoms with Gasteiger partial charge in [-0.2, -0.15) is 0 Å². The topological polar surface area (TPSA) is 46.3 Å². The van der Waals surface area contributed by atoms with Gasteiger partial charge in [-0.15, -0.1) is 0 Å². The van der Waals surface area contributed by atoms with Gasteiger partial charge in [-0.1, -0.05) is 36.0 Å². The third kappa shape index (κ3) is 3.91. The number of likely N-dealkylation sites (tertiary alicyclic amines) is 1. The van der Waals surface area contributed by atoms with Crippen LogP contribution in [0.2, 0.25) is 5.02 Å². The number of nitrogens with two attached hydrogens (primary N) is 1. The largest absolute Gasteiger partial charge is 0.393 e. The van der Waals surface area contributed by atoms with Gasteiger partial charge in [0.25, 0.3) is 0 Å². The average Bonchev–Trinajstić information content (AvgIpc) is 2.41. The van der Waals surface area contributed by atoms with Gasteiger partial charge in [0, 0.05) is 24.0 Å². The van der Waals surface area contributed by atoms with Crippen molar-refractivity contribution in [2.75, 3.05) is 13.1 Å². The number of thiocarbonyl (C=S) groups is 1. The maximum Gasteiger partial charge on any atom is 0.227 e. The van der Waals surface area contributed by atoms with Gasteiger partial charge in [-0.25, -0.2) is 0 Å². The summed E-state index contributed by atoms with van der Waals surface area (Å²) < 4.78 is 0. The van der Waals surface area contributed by atoms with E-state index >= 15 is 0 Å². The molecule has 19 heavy (non-hydrogen) atoms. The van der Waals surface area contributed by atoms with Crippen molar-refractivity contribution >= 4 is 34.7 Å². The second-order valence-electron chi connectivity index (χ2n) is 4.88. The van der Waals surface area contributed by atoms with Crippen molar-refractivity contribution < 1.29 is 4.79 Å². The number of halogens is 1. The van der Waals surface area contributed by atoms with Gasteiger partial charge in [0.05, 0.1) is 11.4 Å². The van der Waals surface area contributed by atoms with Crippen LogP contribution in [0.25, 0.3) is 0 Å². The molecule has 1 amide bonds. The second-order valence-corrected chi connectivity index (χ2v) is 5.79. The Morgan fingerprint density at radius 1 is 1.42 bits per heavy atom. The van der Waals surface area contributed by atoms with Crippen LogP contribution in [-0.2, 0) is 11.2 Å². The Morgan fingerprint density at radius 2 is 2.11 bits per heavy atom. The van der Waals surface area contributed by atoms with E-state index in [1.54, 1.807) is 12.1 Å². The van der Waals surface area contributed by atoms with E-state index in [1.807, 2.05) is 17.0 Å². The van der Waals surface area contributed by atoms with E-state index in [2.05, 4.69) is 0 Å². The zero-order valence-electron chi connectivity index (χ0n) is 10.6. The lowest BCUT2D eigenvalue weighted by Crippen LogP contribution is -2.44. The zero-order valence-corrected chi connectivity index (χ0v) is 12.2. The summed E-state index contributed by atoms with van der Waals surface area (Å²) >= 11 is 10.9. The molecule has 1 aromatic rings. The summed E-state index contributed by atoms with van der Waals surface area (Å²) in [5, 5.41) is 0.683. The van der Waals surface area contributed by atoms with Crippen molar-refractivity contribution in [3.63, 3.8) is 0 Å². The molecule has 1 heterocycles. The lowest BCUT2D eigenvalue weighted by atomic mass is 9.97. The van der Waals surface area contributed by atoms with Gasteiger partial charge in [-0.05, 0) is 30.5 Å². The second kappa shape index (κ2) is 6.35. The minimum Gasteiger partial charge on any atom is -0.393 e. The maximum atomic E-state index is 12.2. The fourth-order valence-electron chi connectivity index (χ4n) is 2.32. The highest BCUT2D eigenvalue weighted by Gasteiger charge is 2.25. The van der Waals surface area contributed by atoms with Gasteiger partial charge < -0.3 is 10.6 Å². The Bertz CT molecular complexity index is 475. The van der Waals surface area contributed by atoms with Crippen LogP contribution in [0.3, 0.4) is 0 Å². The lowest BCUT2D eigenvalue weighted by molar-refractivity contribution is -0.131. The van der Waals surface area contributed by atoms with E-state index in [4.69, 9.17) is 29.6 Å². The first-order valence-electron chi connectivity index (χ1n) is 6.38. The fraction of sp³-hybridized carbons (Fsp3) is 0.429. The Hall–Kier alpha value is -1.13. The zero-order chi connectivity index (χ0) is 13.8. The smallest absolute Gasteiger partial charge is 0.227 e. The van der Waals surface area contributed by atoms with E-state index < -0.39 is 0 Å². The molecule has 1 atom stereocenters. The number of benzene rings is 1. The molecule has 0 aliphatic carbocycles. The molecule has 102 valence electrons. The van der Waals surface area contributed by atoms with Crippen molar-refractivity contribution in [3.8, 4) is 0 Å². The normalized spacial score (nSPS) is 19.2. The number of carbonyl (C=O) groups excluding carboxylic acids is 1. The molecule has 2 rings (SSSR count). The molecule has 1 aliphatic heterocycles. The molecule has 2 N–H and O–H groups in total. The highest BCUT2D eigenvalue weighted by atomic mass is 35.5. The minimum absolute atomic E-state index is 0.128. The van der Waals surface area contributed by atoms with E-state index in [0.717, 1.165) is 24.9 Å². The molecule has 1 unspecified atom stereocenters. The highest BCUT2D eigenvalue weighted by Crippen LogP contribution is 2.18. The summed E-state index contributed by atoms with van der Waals surface area (Å²) in [7, 11) is 0. The Labute approximate surface area is 123 Å². The molecule has 0 radical (unpaired) electrons. The van der Waals surface area contributed by atoms with Crippen LogP contribution in [0.5, 0.6) is 0 Å². The molecule has 1 saturated heterocycles. The summed E-state index contributed by atoms with van der Waals surface area (Å²) in [6.07, 6.45) is 2.36. The third-order valence-electron chi connectivity index (χ3n) is 3.45. The predicted octanol–water partition coefficient (Wildman–Crippen LogP) is 2.41. The van der Waals surface area contributed by atoms with Crippen LogP contribution in [0.1, 0.15) is 18.4 Å². The number of hydrogen-bond donors (Lipinski definition) is 1. The first-order valence-corrected chi connectivity index (χ1v) is 7.16. The van der Waals surface area contributed by atoms with Crippen LogP contribution in [0.4, 0.5) is 0 Å². The third-order valence-corrected chi connectivity index (χ3v) is 4.03. The Kier molecular flexibility index (Phi) is 4.77. The molecular weight excluding hydrogens is 280 g/mol. The lowest BCUT2D eigenvalue weighted by Gasteiger charge is -2.32. The van der Waals surface area contributed by atoms with Gasteiger partial charge in [0.2, 0.25) is 5.91 Å². The van der Waals surface area contributed by atoms with Crippen molar-refractivity contribution in [1.29, 1.82) is 0 Å². The highest BCUT2D eigenvalue weighted by molar-refractivity contribution is 7.80. The molecule has 0 aromatic heterocycles. The quantitative estimate of drug-likeness (QED) is 0.871. The van der Waals surface area contributed by atoms with Gasteiger partial charge in [0.15, 0.2) is 0 Å². The van der Waals surface area contributed by atoms with E-state index in [-0.39, 0.29) is 11.8 Å². The summed E-state index contributed by atoms with van der Waals surface area (Å²) in [5.74, 6) is 0.293. The molecule has 0 saturated carbocycles. The SMILES string of the molecule is NC(=S)C1CCCN(C(=O)Cc2ccc(Cl)cc2)C1. The molecular formula is C14H17ClN2OS. The summed E-state index contributed by atoms with van der Waals surface area (Å²) in [6, 6.07) is 7.38. The minimum atomic E-state index is 0.128. The van der Waals surface area contributed by atoms with Gasteiger partial charge in [-0.3, -0.25) is 4.79 Å². The number of amides is 1. The van der Waals surface area contributed by atoms with Crippen molar-refractivity contribution in [2.24, 2.45) is 11.7 Å². The molecule has 0 bridgehead atoms. The summed E-state index contributed by atoms with van der Waals surface area (Å²) in [6.45, 7) is 1.45. The molecule has 0 spiro atoms. The van der Waals surface area contributed by atoms with E-state index in [0.29, 0.717) is 23.0 Å². The number of rotatable bonds is 3. The van der Waals surface area contributed by atoms with Crippen LogP contribution in [0.15, 0.2) is 24.3 Å². The number of hydrogen-bond acceptors (Lipinski definition) is 2. The number of carbonyl (C=O) groups is 1. The molecule has 1 aliphatic rings. The molecule has 1 fully saturated rings. The Morgan fingerprint density at radius 3 is 2.74 bits per heavy atom. The van der Waals surface area contributed by atoms with Gasteiger partial charge >= 0.3 is 0 Å². The van der Waals surface area contributed by atoms with Crippen LogP contribution in [-0.4, -0.2) is 28.9 Å². The van der Waals surface area contributed by atoms with Crippen molar-refractivity contribution in [1.82, 2.24) is 4.90 Å². The summed E-state index contributed by atoms with van der Waals surface area (Å²) in [5.41, 5.74) is 6.66. The Balaban J connectivity index is 1.96. The standard InChI is InChI=1S/C14H17ClN2OS/c15-12-5-3-10(4-6-12)8-13(18)17-7-1-2-11(9-17)14(16)19/h3-6,11H,1-2,7-9H2,(H2,16,19). The fourth-order valence-corrected chi connectivity index (χ4v) is 2.64. The van der Waals surface area contributed by atoms with Crippen LogP contribution < -0.4 is 5.73 Å². The number of nitrogens with zero attached hydrogens (tertiary/aromatic N) is 1. The van der Waals surface area contributed by atoms with E-state index in [1.165, 1.54) is 0 Å². The molecule has 5 heteroatoms. The maximum absolute atomic E-state index is 12.2. The van der Waals surface area contributed by atoms with Crippen LogP contribution >= 0.6 is 23.8 Å².